The quantitative estimate of drug-likeness (QED) is 0.784. The number of nitrogens with one attached hydrogen (secondary N) is 1. The van der Waals surface area contributed by atoms with Gasteiger partial charge in [-0.1, -0.05) is 60.7 Å². The Morgan fingerprint density at radius 2 is 1.58 bits per heavy atom. The van der Waals surface area contributed by atoms with Gasteiger partial charge in [0.05, 0.1) is 6.61 Å². The molecule has 0 aliphatic rings. The number of carbonyl (C=O) groups is 1. The Morgan fingerprint density at radius 1 is 1.08 bits per heavy atom. The summed E-state index contributed by atoms with van der Waals surface area (Å²) in [7, 11) is 1.52. The minimum absolute atomic E-state index is 0.0141. The first-order valence-electron chi connectivity index (χ1n) is 8.10. The second kappa shape index (κ2) is 8.62. The van der Waals surface area contributed by atoms with Crippen LogP contribution in [0.3, 0.4) is 0 Å². The SMILES string of the molecule is COC[C@@](C)(O)CNC(=O)CC(c1ccccc1)c1ccccc1. The molecule has 0 spiro atoms. The molecule has 0 aromatic heterocycles. The lowest BCUT2D eigenvalue weighted by molar-refractivity contribution is -0.123. The first-order valence-corrected chi connectivity index (χ1v) is 8.10. The number of ether oxygens (including phenoxy) is 1. The minimum atomic E-state index is -1.07. The van der Waals surface area contributed by atoms with Crippen LogP contribution in [0.2, 0.25) is 0 Å². The lowest BCUT2D eigenvalue weighted by Gasteiger charge is -2.23. The molecule has 0 radical (unpaired) electrons. The molecule has 1 atom stereocenters. The van der Waals surface area contributed by atoms with Gasteiger partial charge in [-0.3, -0.25) is 4.79 Å². The zero-order chi connectivity index (χ0) is 17.4. The second-order valence-electron chi connectivity index (χ2n) is 6.28. The van der Waals surface area contributed by atoms with Gasteiger partial charge in [0, 0.05) is 26.0 Å². The topological polar surface area (TPSA) is 58.6 Å². The number of benzene rings is 2. The van der Waals surface area contributed by atoms with Crippen molar-refractivity contribution in [3.05, 3.63) is 71.8 Å². The van der Waals surface area contributed by atoms with E-state index < -0.39 is 5.60 Å². The van der Waals surface area contributed by atoms with Gasteiger partial charge in [0.15, 0.2) is 0 Å². The van der Waals surface area contributed by atoms with Crippen LogP contribution in [0, 0.1) is 0 Å². The summed E-state index contributed by atoms with van der Waals surface area (Å²) in [6.45, 7) is 1.98. The van der Waals surface area contributed by atoms with Crippen molar-refractivity contribution in [1.82, 2.24) is 5.32 Å². The summed E-state index contributed by atoms with van der Waals surface area (Å²) < 4.78 is 4.96. The molecule has 1 amide bonds. The highest BCUT2D eigenvalue weighted by molar-refractivity contribution is 5.77. The molecule has 2 rings (SSSR count). The van der Waals surface area contributed by atoms with Crippen molar-refractivity contribution in [2.45, 2.75) is 24.9 Å². The van der Waals surface area contributed by atoms with E-state index in [-0.39, 0.29) is 25.0 Å². The first-order chi connectivity index (χ1) is 11.5. The number of rotatable bonds is 8. The largest absolute Gasteiger partial charge is 0.386 e. The molecule has 4 nitrogen and oxygen atoms in total. The Labute approximate surface area is 143 Å². The first kappa shape index (κ1) is 18.2. The third-order valence-corrected chi connectivity index (χ3v) is 3.92. The Bertz CT molecular complexity index is 586. The van der Waals surface area contributed by atoms with E-state index >= 15 is 0 Å². The molecular formula is C20H25NO3. The molecule has 4 heteroatoms. The normalized spacial score (nSPS) is 13.5. The van der Waals surface area contributed by atoms with Crippen LogP contribution in [-0.2, 0) is 9.53 Å². The van der Waals surface area contributed by atoms with Crippen LogP contribution in [0.5, 0.6) is 0 Å². The van der Waals surface area contributed by atoms with Gasteiger partial charge < -0.3 is 15.2 Å². The van der Waals surface area contributed by atoms with E-state index in [0.717, 1.165) is 11.1 Å². The van der Waals surface area contributed by atoms with E-state index in [2.05, 4.69) is 5.32 Å². The summed E-state index contributed by atoms with van der Waals surface area (Å²) in [5.41, 5.74) is 1.13. The van der Waals surface area contributed by atoms with Crippen molar-refractivity contribution in [2.24, 2.45) is 0 Å². The highest BCUT2D eigenvalue weighted by atomic mass is 16.5. The molecule has 0 aliphatic heterocycles. The van der Waals surface area contributed by atoms with Crippen molar-refractivity contribution >= 4 is 5.91 Å². The molecule has 128 valence electrons. The summed E-state index contributed by atoms with van der Waals surface area (Å²) in [5.74, 6) is -0.108. The van der Waals surface area contributed by atoms with E-state index in [0.29, 0.717) is 6.42 Å². The van der Waals surface area contributed by atoms with Crippen molar-refractivity contribution in [3.63, 3.8) is 0 Å². The Kier molecular flexibility index (Phi) is 6.53. The summed E-state index contributed by atoms with van der Waals surface area (Å²) in [6, 6.07) is 20.0. The van der Waals surface area contributed by atoms with Gasteiger partial charge in [-0.05, 0) is 18.1 Å². The Hall–Kier alpha value is -2.17. The van der Waals surface area contributed by atoms with E-state index in [1.54, 1.807) is 6.92 Å². The maximum Gasteiger partial charge on any atom is 0.221 e. The minimum Gasteiger partial charge on any atom is -0.386 e. The molecule has 2 aromatic rings. The van der Waals surface area contributed by atoms with Crippen LogP contribution < -0.4 is 5.32 Å². The average molecular weight is 327 g/mol. The van der Waals surface area contributed by atoms with Crippen molar-refractivity contribution < 1.29 is 14.6 Å². The van der Waals surface area contributed by atoms with Crippen LogP contribution >= 0.6 is 0 Å². The number of hydrogen-bond acceptors (Lipinski definition) is 3. The molecular weight excluding hydrogens is 302 g/mol. The summed E-state index contributed by atoms with van der Waals surface area (Å²) in [6.07, 6.45) is 0.330. The number of hydrogen-bond donors (Lipinski definition) is 2. The van der Waals surface area contributed by atoms with Crippen molar-refractivity contribution in [1.29, 1.82) is 0 Å². The van der Waals surface area contributed by atoms with Gasteiger partial charge >= 0.3 is 0 Å². The lowest BCUT2D eigenvalue weighted by atomic mass is 9.88. The standard InChI is InChI=1S/C20H25NO3/c1-20(23,15-24-2)14-21-19(22)13-18(16-9-5-3-6-10-16)17-11-7-4-8-12-17/h3-12,18,23H,13-15H2,1-2H3,(H,21,22)/t20-/m0/s1. The van der Waals surface area contributed by atoms with Crippen LogP contribution in [0.25, 0.3) is 0 Å². The number of amides is 1. The Morgan fingerprint density at radius 3 is 2.04 bits per heavy atom. The summed E-state index contributed by atoms with van der Waals surface area (Å²) in [4.78, 5) is 12.4. The van der Waals surface area contributed by atoms with Crippen LogP contribution in [-0.4, -0.2) is 36.9 Å². The molecule has 0 heterocycles. The van der Waals surface area contributed by atoms with E-state index in [9.17, 15) is 9.90 Å². The fourth-order valence-corrected chi connectivity index (χ4v) is 2.71. The Balaban J connectivity index is 2.08. The smallest absolute Gasteiger partial charge is 0.221 e. The molecule has 0 bridgehead atoms. The zero-order valence-corrected chi connectivity index (χ0v) is 14.2. The van der Waals surface area contributed by atoms with Gasteiger partial charge in [0.25, 0.3) is 0 Å². The number of aliphatic hydroxyl groups is 1. The lowest BCUT2D eigenvalue weighted by Crippen LogP contribution is -2.44. The fourth-order valence-electron chi connectivity index (χ4n) is 2.71. The van der Waals surface area contributed by atoms with Crippen molar-refractivity contribution in [3.8, 4) is 0 Å². The van der Waals surface area contributed by atoms with Gasteiger partial charge in [-0.15, -0.1) is 0 Å². The fraction of sp³-hybridized carbons (Fsp3) is 0.350. The third-order valence-electron chi connectivity index (χ3n) is 3.92. The predicted molar refractivity (Wildman–Crippen MR) is 94.9 cm³/mol. The van der Waals surface area contributed by atoms with Gasteiger partial charge in [-0.2, -0.15) is 0 Å². The van der Waals surface area contributed by atoms with E-state index in [1.165, 1.54) is 7.11 Å². The number of carbonyl (C=O) groups excluding carboxylic acids is 1. The number of methoxy groups -OCH3 is 1. The summed E-state index contributed by atoms with van der Waals surface area (Å²) in [5, 5.41) is 12.9. The molecule has 0 aliphatic carbocycles. The average Bonchev–Trinajstić information content (AvgIpc) is 2.59. The zero-order valence-electron chi connectivity index (χ0n) is 14.2. The van der Waals surface area contributed by atoms with Crippen LogP contribution in [0.1, 0.15) is 30.4 Å². The summed E-state index contributed by atoms with van der Waals surface area (Å²) >= 11 is 0. The van der Waals surface area contributed by atoms with Crippen LogP contribution in [0.4, 0.5) is 0 Å². The molecule has 0 unspecified atom stereocenters. The van der Waals surface area contributed by atoms with Crippen LogP contribution in [0.15, 0.2) is 60.7 Å². The molecule has 0 saturated heterocycles. The van der Waals surface area contributed by atoms with E-state index in [4.69, 9.17) is 4.74 Å². The maximum atomic E-state index is 12.4. The second-order valence-corrected chi connectivity index (χ2v) is 6.28. The molecule has 2 N–H and O–H groups in total. The predicted octanol–water partition coefficient (Wildman–Crippen LogP) is 2.72. The molecule has 0 saturated carbocycles. The highest BCUT2D eigenvalue weighted by Crippen LogP contribution is 2.27. The monoisotopic (exact) mass is 327 g/mol. The molecule has 2 aromatic carbocycles. The van der Waals surface area contributed by atoms with E-state index in [1.807, 2.05) is 60.7 Å². The highest BCUT2D eigenvalue weighted by Gasteiger charge is 2.23. The van der Waals surface area contributed by atoms with Gasteiger partial charge in [0.2, 0.25) is 5.91 Å². The molecule has 0 fully saturated rings. The van der Waals surface area contributed by atoms with Gasteiger partial charge in [-0.25, -0.2) is 0 Å². The van der Waals surface area contributed by atoms with Gasteiger partial charge in [0.1, 0.15) is 5.60 Å². The molecule has 24 heavy (non-hydrogen) atoms. The third kappa shape index (κ3) is 5.48. The van der Waals surface area contributed by atoms with Crippen molar-refractivity contribution in [2.75, 3.05) is 20.3 Å². The maximum absolute atomic E-state index is 12.4.